The number of pyridine rings is 2. The summed E-state index contributed by atoms with van der Waals surface area (Å²) in [6.07, 6.45) is 3.49. The fraction of sp³-hybridized carbons (Fsp3) is 0.133. The normalized spacial score (nSPS) is 11.3. The number of hydrogen-bond donors (Lipinski definition) is 3. The molecule has 0 bridgehead atoms. The number of benzene rings is 2. The van der Waals surface area contributed by atoms with Crippen molar-refractivity contribution in [2.45, 2.75) is 26.6 Å². The second kappa shape index (κ2) is 11.0. The van der Waals surface area contributed by atoms with Gasteiger partial charge in [-0.1, -0.05) is 54.6 Å². The number of fused-ring (bicyclic) bond motifs is 1. The zero-order chi connectivity index (χ0) is 26.6. The average Bonchev–Trinajstić information content (AvgIpc) is 3.61. The van der Waals surface area contributed by atoms with Crippen LogP contribution in [0.15, 0.2) is 91.4 Å². The maximum atomic E-state index is 5.46. The minimum absolute atomic E-state index is 0.569. The van der Waals surface area contributed by atoms with Crippen molar-refractivity contribution < 1.29 is 0 Å². The predicted molar refractivity (Wildman–Crippen MR) is 154 cm³/mol. The number of rotatable bonds is 9. The molecule has 0 spiro atoms. The fourth-order valence-electron chi connectivity index (χ4n) is 4.73. The minimum atomic E-state index is 0.569. The van der Waals surface area contributed by atoms with Crippen LogP contribution in [-0.4, -0.2) is 37.5 Å². The highest BCUT2D eigenvalue weighted by atomic mass is 15.3. The van der Waals surface area contributed by atoms with Gasteiger partial charge in [-0.2, -0.15) is 5.10 Å². The molecule has 4 heterocycles. The lowest BCUT2D eigenvalue weighted by molar-refractivity contribution is 0.670. The molecule has 0 saturated carbocycles. The lowest BCUT2D eigenvalue weighted by Crippen LogP contribution is -2.14. The predicted octanol–water partition coefficient (Wildman–Crippen LogP) is 4.62. The molecular formula is C30H27BN8. The van der Waals surface area contributed by atoms with Crippen LogP contribution in [0.2, 0.25) is 0 Å². The Balaban J connectivity index is 1.25. The van der Waals surface area contributed by atoms with Gasteiger partial charge in [0.25, 0.3) is 0 Å². The summed E-state index contributed by atoms with van der Waals surface area (Å²) in [7, 11) is 5.46. The molecule has 2 radical (unpaired) electrons. The monoisotopic (exact) mass is 510 g/mol. The molecule has 0 aliphatic carbocycles. The van der Waals surface area contributed by atoms with E-state index < -0.39 is 0 Å². The van der Waals surface area contributed by atoms with Crippen LogP contribution in [0.5, 0.6) is 0 Å². The molecule has 39 heavy (non-hydrogen) atoms. The first-order chi connectivity index (χ1) is 19.2. The van der Waals surface area contributed by atoms with Gasteiger partial charge < -0.3 is 15.5 Å². The number of hydrogen-bond acceptors (Lipinski definition) is 6. The maximum Gasteiger partial charge on any atom is 0.178 e. The van der Waals surface area contributed by atoms with Gasteiger partial charge in [-0.3, -0.25) is 4.98 Å². The molecule has 0 fully saturated rings. The molecule has 3 N–H and O–H groups in total. The van der Waals surface area contributed by atoms with Gasteiger partial charge >= 0.3 is 0 Å². The summed E-state index contributed by atoms with van der Waals surface area (Å²) >= 11 is 0. The molecule has 6 rings (SSSR count). The number of H-pyrrole nitrogens is 1. The molecule has 9 heteroatoms. The van der Waals surface area contributed by atoms with Crippen LogP contribution in [0.1, 0.15) is 22.6 Å². The van der Waals surface area contributed by atoms with Crippen molar-refractivity contribution in [1.29, 1.82) is 0 Å². The molecule has 6 aromatic rings. The van der Waals surface area contributed by atoms with E-state index in [1.165, 1.54) is 16.7 Å². The van der Waals surface area contributed by atoms with Crippen molar-refractivity contribution in [2.24, 2.45) is 0 Å². The third kappa shape index (κ3) is 5.36. The van der Waals surface area contributed by atoms with Crippen molar-refractivity contribution in [3.05, 3.63) is 114 Å². The van der Waals surface area contributed by atoms with Crippen molar-refractivity contribution in [3.63, 3.8) is 0 Å². The second-order valence-electron chi connectivity index (χ2n) is 9.39. The Kier molecular flexibility index (Phi) is 6.99. The first kappa shape index (κ1) is 24.7. The van der Waals surface area contributed by atoms with E-state index in [4.69, 9.17) is 17.9 Å². The first-order valence-electron chi connectivity index (χ1n) is 12.8. The topological polar surface area (TPSA) is 95.8 Å². The second-order valence-corrected chi connectivity index (χ2v) is 9.39. The Morgan fingerprint density at radius 1 is 0.846 bits per heavy atom. The number of nitrogens with one attached hydrogen (secondary N) is 3. The molecular weight excluding hydrogens is 483 g/mol. The fourth-order valence-corrected chi connectivity index (χ4v) is 4.73. The van der Waals surface area contributed by atoms with E-state index in [0.717, 1.165) is 45.4 Å². The lowest BCUT2D eigenvalue weighted by atomic mass is 9.98. The largest absolute Gasteiger partial charge is 0.363 e. The number of aryl methyl sites for hydroxylation is 1. The molecule has 0 aliphatic rings. The standard InChI is InChI=1S/C30H27BN8/c1-20-5-4-8-26(36-20)30-29(24-13-14-28-33-19-35-39(28)18-24)37-27(38-30)17-32-16-23-6-2-3-7-25(23)22-11-9-21(10-12-22)15-34-31/h2-14,18-19,32,34H,15-17H2,1H3,(H,37,38). The molecule has 0 aliphatic heterocycles. The van der Waals surface area contributed by atoms with E-state index in [0.29, 0.717) is 19.6 Å². The Morgan fingerprint density at radius 3 is 2.54 bits per heavy atom. The van der Waals surface area contributed by atoms with Crippen LogP contribution in [0.25, 0.3) is 39.4 Å². The Labute approximate surface area is 228 Å². The molecule has 0 saturated heterocycles. The van der Waals surface area contributed by atoms with E-state index in [1.807, 2.05) is 43.5 Å². The van der Waals surface area contributed by atoms with Gasteiger partial charge in [0.1, 0.15) is 12.2 Å². The van der Waals surface area contributed by atoms with Gasteiger partial charge in [-0.15, -0.1) is 0 Å². The van der Waals surface area contributed by atoms with Crippen LogP contribution >= 0.6 is 0 Å². The summed E-state index contributed by atoms with van der Waals surface area (Å²) < 4.78 is 1.76. The number of aromatic amines is 1. The summed E-state index contributed by atoms with van der Waals surface area (Å²) in [6, 6.07) is 26.9. The van der Waals surface area contributed by atoms with Crippen molar-refractivity contribution in [2.75, 3.05) is 0 Å². The van der Waals surface area contributed by atoms with Gasteiger partial charge in [-0.05, 0) is 53.4 Å². The van der Waals surface area contributed by atoms with E-state index in [9.17, 15) is 0 Å². The average molecular weight is 510 g/mol. The molecule has 190 valence electrons. The van der Waals surface area contributed by atoms with Gasteiger partial charge in [0.05, 0.1) is 23.6 Å². The van der Waals surface area contributed by atoms with E-state index in [-0.39, 0.29) is 0 Å². The highest BCUT2D eigenvalue weighted by Crippen LogP contribution is 2.30. The summed E-state index contributed by atoms with van der Waals surface area (Å²) in [5.41, 5.74) is 9.95. The third-order valence-corrected chi connectivity index (χ3v) is 6.64. The van der Waals surface area contributed by atoms with E-state index in [1.54, 1.807) is 10.8 Å². The molecule has 8 nitrogen and oxygen atoms in total. The first-order valence-corrected chi connectivity index (χ1v) is 12.8. The van der Waals surface area contributed by atoms with Crippen molar-refractivity contribution in [1.82, 2.24) is 40.1 Å². The zero-order valence-corrected chi connectivity index (χ0v) is 21.6. The summed E-state index contributed by atoms with van der Waals surface area (Å²) in [5, 5.41) is 10.6. The summed E-state index contributed by atoms with van der Waals surface area (Å²) in [6.45, 7) is 3.89. The quantitative estimate of drug-likeness (QED) is 0.246. The van der Waals surface area contributed by atoms with Crippen LogP contribution in [0, 0.1) is 6.92 Å². The summed E-state index contributed by atoms with van der Waals surface area (Å²) in [4.78, 5) is 17.5. The molecule has 0 atom stereocenters. The van der Waals surface area contributed by atoms with Crippen LogP contribution < -0.4 is 10.5 Å². The number of imidazole rings is 1. The van der Waals surface area contributed by atoms with Gasteiger partial charge in [0, 0.05) is 30.5 Å². The summed E-state index contributed by atoms with van der Waals surface area (Å²) in [5.74, 6) is 0.832. The van der Waals surface area contributed by atoms with Crippen LogP contribution in [0.4, 0.5) is 0 Å². The minimum Gasteiger partial charge on any atom is -0.363 e. The molecule has 2 aromatic carbocycles. The zero-order valence-electron chi connectivity index (χ0n) is 21.6. The highest BCUT2D eigenvalue weighted by Gasteiger charge is 2.16. The smallest absolute Gasteiger partial charge is 0.178 e. The Morgan fingerprint density at radius 2 is 1.69 bits per heavy atom. The lowest BCUT2D eigenvalue weighted by Gasteiger charge is -2.11. The third-order valence-electron chi connectivity index (χ3n) is 6.64. The van der Waals surface area contributed by atoms with Crippen molar-refractivity contribution >= 4 is 13.6 Å². The van der Waals surface area contributed by atoms with Gasteiger partial charge in [0.2, 0.25) is 0 Å². The van der Waals surface area contributed by atoms with Crippen LogP contribution in [0.3, 0.4) is 0 Å². The SMILES string of the molecule is [B]NCc1ccc(-c2ccccc2CNCc2nc(-c3ccc4ncnn4c3)c(-c3cccc(C)n3)[nH]2)cc1. The number of aromatic nitrogens is 6. The maximum absolute atomic E-state index is 5.46. The number of nitrogens with zero attached hydrogens (tertiary/aromatic N) is 5. The molecule has 4 aromatic heterocycles. The highest BCUT2D eigenvalue weighted by molar-refractivity contribution is 6.04. The van der Waals surface area contributed by atoms with E-state index in [2.05, 4.69) is 74.1 Å². The Bertz CT molecular complexity index is 1720. The van der Waals surface area contributed by atoms with E-state index >= 15 is 0 Å². The van der Waals surface area contributed by atoms with Crippen LogP contribution in [-0.2, 0) is 19.6 Å². The Hall–Kier alpha value is -4.60. The molecule has 0 amide bonds. The molecule has 0 unspecified atom stereocenters. The van der Waals surface area contributed by atoms with Gasteiger partial charge in [-0.25, -0.2) is 14.5 Å². The van der Waals surface area contributed by atoms with Gasteiger partial charge in [0.15, 0.2) is 13.6 Å². The van der Waals surface area contributed by atoms with Crippen molar-refractivity contribution in [3.8, 4) is 33.8 Å².